The van der Waals surface area contributed by atoms with Gasteiger partial charge in [-0.05, 0) is 58.5 Å². The maximum atomic E-state index is 5.96. The van der Waals surface area contributed by atoms with E-state index in [4.69, 9.17) is 5.73 Å². The number of nitrogens with zero attached hydrogens (tertiary/aromatic N) is 2. The molecule has 0 radical (unpaired) electrons. The first kappa shape index (κ1) is 14.0. The summed E-state index contributed by atoms with van der Waals surface area (Å²) in [6.45, 7) is 3.20. The van der Waals surface area contributed by atoms with Crippen molar-refractivity contribution in [2.75, 3.05) is 32.9 Å². The van der Waals surface area contributed by atoms with Crippen molar-refractivity contribution in [3.63, 3.8) is 0 Å². The van der Waals surface area contributed by atoms with Crippen LogP contribution in [0.2, 0.25) is 0 Å². The maximum absolute atomic E-state index is 5.96. The lowest BCUT2D eigenvalue weighted by molar-refractivity contribution is 0.242. The first-order valence-electron chi connectivity index (χ1n) is 6.94. The van der Waals surface area contributed by atoms with Crippen LogP contribution in [0.3, 0.4) is 0 Å². The third-order valence-corrected chi connectivity index (χ3v) is 5.73. The van der Waals surface area contributed by atoms with Gasteiger partial charge in [0.05, 0.1) is 6.54 Å². The predicted molar refractivity (Wildman–Crippen MR) is 80.2 cm³/mol. The standard InChI is InChI=1S/C13H26N4S/c1-17-8-6-13(18-2,7-9-17)10-15-12(14)16-11-4-3-5-11/h11H,3-10H2,1-2H3,(H3,14,15,16). The third kappa shape index (κ3) is 3.54. The van der Waals surface area contributed by atoms with Crippen LogP contribution in [0.5, 0.6) is 0 Å². The molecule has 1 heterocycles. The Hall–Kier alpha value is -0.420. The Balaban J connectivity index is 1.83. The molecule has 1 saturated heterocycles. The number of nitrogens with one attached hydrogen (secondary N) is 1. The van der Waals surface area contributed by atoms with Crippen molar-refractivity contribution in [3.05, 3.63) is 0 Å². The lowest BCUT2D eigenvalue weighted by Crippen LogP contribution is -2.46. The molecule has 0 bridgehead atoms. The average molecular weight is 270 g/mol. The van der Waals surface area contributed by atoms with Crippen LogP contribution in [0.4, 0.5) is 0 Å². The second kappa shape index (κ2) is 6.15. The highest BCUT2D eigenvalue weighted by Gasteiger charge is 2.32. The molecular weight excluding hydrogens is 244 g/mol. The van der Waals surface area contributed by atoms with Crippen molar-refractivity contribution in [2.45, 2.75) is 42.9 Å². The van der Waals surface area contributed by atoms with E-state index in [0.717, 1.165) is 6.54 Å². The monoisotopic (exact) mass is 270 g/mol. The molecule has 5 heteroatoms. The summed E-state index contributed by atoms with van der Waals surface area (Å²) in [5.74, 6) is 0.645. The van der Waals surface area contributed by atoms with Crippen LogP contribution in [0, 0.1) is 0 Å². The number of hydrogen-bond donors (Lipinski definition) is 2. The highest BCUT2D eigenvalue weighted by Crippen LogP contribution is 2.34. The molecule has 104 valence electrons. The minimum atomic E-state index is 0.304. The Morgan fingerprint density at radius 2 is 2.11 bits per heavy atom. The van der Waals surface area contributed by atoms with Crippen LogP contribution < -0.4 is 11.1 Å². The fourth-order valence-electron chi connectivity index (χ4n) is 2.49. The van der Waals surface area contributed by atoms with Gasteiger partial charge < -0.3 is 16.0 Å². The van der Waals surface area contributed by atoms with Gasteiger partial charge in [-0.15, -0.1) is 0 Å². The van der Waals surface area contributed by atoms with Crippen LogP contribution in [-0.2, 0) is 0 Å². The molecule has 1 aliphatic carbocycles. The van der Waals surface area contributed by atoms with Crippen LogP contribution >= 0.6 is 11.8 Å². The number of aliphatic imine (C=N–C) groups is 1. The number of thioether (sulfide) groups is 1. The quantitative estimate of drug-likeness (QED) is 0.597. The van der Waals surface area contributed by atoms with Gasteiger partial charge in [-0.25, -0.2) is 0 Å². The van der Waals surface area contributed by atoms with Crippen LogP contribution in [-0.4, -0.2) is 54.6 Å². The minimum Gasteiger partial charge on any atom is -0.370 e. The van der Waals surface area contributed by atoms with E-state index in [0.29, 0.717) is 16.7 Å². The van der Waals surface area contributed by atoms with Crippen LogP contribution in [0.1, 0.15) is 32.1 Å². The van der Waals surface area contributed by atoms with Gasteiger partial charge in [0.2, 0.25) is 0 Å². The number of hydrogen-bond acceptors (Lipinski definition) is 3. The highest BCUT2D eigenvalue weighted by molar-refractivity contribution is 8.00. The van der Waals surface area contributed by atoms with E-state index in [1.54, 1.807) is 0 Å². The zero-order valence-corrected chi connectivity index (χ0v) is 12.4. The molecule has 0 aromatic heterocycles. The number of nitrogens with two attached hydrogens (primary N) is 1. The third-order valence-electron chi connectivity index (χ3n) is 4.33. The van der Waals surface area contributed by atoms with Crippen molar-refractivity contribution < 1.29 is 0 Å². The number of piperidine rings is 1. The molecule has 1 aliphatic heterocycles. The van der Waals surface area contributed by atoms with Gasteiger partial charge in [-0.1, -0.05) is 0 Å². The Kier molecular flexibility index (Phi) is 4.78. The topological polar surface area (TPSA) is 53.6 Å². The van der Waals surface area contributed by atoms with Crippen molar-refractivity contribution >= 4 is 17.7 Å². The fourth-order valence-corrected chi connectivity index (χ4v) is 3.27. The van der Waals surface area contributed by atoms with Crippen molar-refractivity contribution in [3.8, 4) is 0 Å². The zero-order valence-electron chi connectivity index (χ0n) is 11.6. The second-order valence-corrected chi connectivity index (χ2v) is 6.94. The van der Waals surface area contributed by atoms with Gasteiger partial charge >= 0.3 is 0 Å². The summed E-state index contributed by atoms with van der Waals surface area (Å²) < 4.78 is 0.304. The summed E-state index contributed by atoms with van der Waals surface area (Å²) in [6, 6.07) is 0.580. The van der Waals surface area contributed by atoms with Gasteiger partial charge in [0.1, 0.15) is 0 Å². The predicted octanol–water partition coefficient (Wildman–Crippen LogP) is 1.27. The Morgan fingerprint density at radius 3 is 2.61 bits per heavy atom. The smallest absolute Gasteiger partial charge is 0.188 e. The van der Waals surface area contributed by atoms with E-state index < -0.39 is 0 Å². The lowest BCUT2D eigenvalue weighted by atomic mass is 9.93. The van der Waals surface area contributed by atoms with Crippen LogP contribution in [0.15, 0.2) is 4.99 Å². The Morgan fingerprint density at radius 1 is 1.44 bits per heavy atom. The van der Waals surface area contributed by atoms with Gasteiger partial charge in [0.25, 0.3) is 0 Å². The summed E-state index contributed by atoms with van der Waals surface area (Å²) in [6.07, 6.45) is 8.45. The molecule has 0 spiro atoms. The summed E-state index contributed by atoms with van der Waals surface area (Å²) in [5, 5.41) is 3.31. The molecule has 0 amide bonds. The summed E-state index contributed by atoms with van der Waals surface area (Å²) >= 11 is 1.96. The molecule has 0 unspecified atom stereocenters. The molecule has 2 rings (SSSR count). The van der Waals surface area contributed by atoms with Crippen molar-refractivity contribution in [1.29, 1.82) is 0 Å². The van der Waals surface area contributed by atoms with Crippen LogP contribution in [0.25, 0.3) is 0 Å². The van der Waals surface area contributed by atoms with Gasteiger partial charge in [0.15, 0.2) is 5.96 Å². The molecule has 0 atom stereocenters. The largest absolute Gasteiger partial charge is 0.370 e. The van der Waals surface area contributed by atoms with E-state index >= 15 is 0 Å². The first-order chi connectivity index (χ1) is 8.63. The van der Waals surface area contributed by atoms with E-state index in [1.807, 2.05) is 11.8 Å². The second-order valence-electron chi connectivity index (χ2n) is 5.66. The molecule has 4 nitrogen and oxygen atoms in total. The van der Waals surface area contributed by atoms with Crippen molar-refractivity contribution in [1.82, 2.24) is 10.2 Å². The number of guanidine groups is 1. The van der Waals surface area contributed by atoms with E-state index in [-0.39, 0.29) is 0 Å². The van der Waals surface area contributed by atoms with E-state index in [1.165, 1.54) is 45.2 Å². The molecule has 1 saturated carbocycles. The van der Waals surface area contributed by atoms with Gasteiger partial charge in [-0.3, -0.25) is 4.99 Å². The summed E-state index contributed by atoms with van der Waals surface area (Å²) in [4.78, 5) is 6.98. The van der Waals surface area contributed by atoms with Gasteiger partial charge in [-0.2, -0.15) is 11.8 Å². The summed E-state index contributed by atoms with van der Waals surface area (Å²) in [5.41, 5.74) is 5.96. The fraction of sp³-hybridized carbons (Fsp3) is 0.923. The number of likely N-dealkylation sites (tertiary alicyclic amines) is 1. The average Bonchev–Trinajstić information content (AvgIpc) is 2.34. The Labute approximate surface area is 115 Å². The van der Waals surface area contributed by atoms with Crippen molar-refractivity contribution in [2.24, 2.45) is 10.7 Å². The first-order valence-corrected chi connectivity index (χ1v) is 8.16. The van der Waals surface area contributed by atoms with E-state index in [2.05, 4.69) is 28.5 Å². The molecule has 18 heavy (non-hydrogen) atoms. The zero-order chi connectivity index (χ0) is 13.0. The molecular formula is C13H26N4S. The Bertz CT molecular complexity index is 293. The molecule has 0 aromatic carbocycles. The number of rotatable bonds is 4. The minimum absolute atomic E-state index is 0.304. The van der Waals surface area contributed by atoms with Gasteiger partial charge in [0, 0.05) is 10.8 Å². The molecule has 2 aliphatic rings. The normalized spacial score (nSPS) is 25.8. The molecule has 2 fully saturated rings. The maximum Gasteiger partial charge on any atom is 0.188 e. The highest BCUT2D eigenvalue weighted by atomic mass is 32.2. The summed E-state index contributed by atoms with van der Waals surface area (Å²) in [7, 11) is 2.19. The molecule has 0 aromatic rings. The lowest BCUT2D eigenvalue weighted by Gasteiger charge is -2.38. The SMILES string of the molecule is CSC1(CN=C(N)NC2CCC2)CCN(C)CC1. The van der Waals surface area contributed by atoms with E-state index in [9.17, 15) is 0 Å². The molecule has 3 N–H and O–H groups in total.